The summed E-state index contributed by atoms with van der Waals surface area (Å²) >= 11 is 0. The highest BCUT2D eigenvalue weighted by atomic mass is 16.7. The molecule has 0 spiro atoms. The first-order chi connectivity index (χ1) is 16.7. The van der Waals surface area contributed by atoms with Gasteiger partial charge in [0.05, 0.1) is 12.2 Å². The van der Waals surface area contributed by atoms with Gasteiger partial charge in [-0.3, -0.25) is 0 Å². The van der Waals surface area contributed by atoms with E-state index in [1.54, 1.807) is 18.2 Å². The molecule has 1 aliphatic heterocycles. The maximum Gasteiger partial charge on any atom is 0.232 e. The second-order valence-corrected chi connectivity index (χ2v) is 11.1. The lowest BCUT2D eigenvalue weighted by Crippen LogP contribution is -2.81. The predicted molar refractivity (Wildman–Crippen MR) is 126 cm³/mol. The van der Waals surface area contributed by atoms with Gasteiger partial charge in [-0.15, -0.1) is 6.58 Å². The van der Waals surface area contributed by atoms with E-state index < -0.39 is 53.7 Å². The summed E-state index contributed by atoms with van der Waals surface area (Å²) in [4.78, 5) is 0. The van der Waals surface area contributed by atoms with Crippen molar-refractivity contribution >= 4 is 0 Å². The van der Waals surface area contributed by atoms with Gasteiger partial charge in [0, 0.05) is 6.61 Å². The average molecular weight is 491 g/mol. The monoisotopic (exact) mass is 490 g/mol. The zero-order valence-electron chi connectivity index (χ0n) is 19.9. The molecule has 11 atom stereocenters. The number of ether oxygens (including phenoxy) is 2. The second kappa shape index (κ2) is 9.41. The number of hydrogen-bond acceptors (Lipinski definition) is 8. The van der Waals surface area contributed by atoms with Crippen LogP contribution in [0, 0.1) is 23.7 Å². The molecule has 0 radical (unpaired) electrons. The molecular weight excluding hydrogens is 452 g/mol. The maximum atomic E-state index is 12.0. The predicted octanol–water partition coefficient (Wildman–Crippen LogP) is 0.902. The number of hydrogen-bond donors (Lipinski definition) is 6. The van der Waals surface area contributed by atoms with Gasteiger partial charge in [-0.2, -0.15) is 0 Å². The van der Waals surface area contributed by atoms with Crippen LogP contribution in [0.25, 0.3) is 0 Å². The molecule has 4 fully saturated rings. The van der Waals surface area contributed by atoms with Crippen LogP contribution >= 0.6 is 0 Å². The van der Waals surface area contributed by atoms with E-state index in [-0.39, 0.29) is 24.9 Å². The molecule has 1 saturated heterocycles. The van der Waals surface area contributed by atoms with E-state index in [1.807, 2.05) is 12.1 Å². The van der Waals surface area contributed by atoms with Gasteiger partial charge in [-0.25, -0.2) is 0 Å². The van der Waals surface area contributed by atoms with Crippen molar-refractivity contribution in [2.45, 2.75) is 86.9 Å². The number of rotatable bonds is 6. The number of aliphatic hydroxyl groups is 6. The zero-order chi connectivity index (χ0) is 25.0. The Balaban J connectivity index is 1.53. The minimum atomic E-state index is -1.99. The minimum Gasteiger partial charge on any atom is -0.462 e. The summed E-state index contributed by atoms with van der Waals surface area (Å²) in [6.45, 7) is 3.54. The summed E-state index contributed by atoms with van der Waals surface area (Å²) in [6.07, 6.45) is -0.533. The highest BCUT2D eigenvalue weighted by Gasteiger charge is 2.74. The molecule has 1 aromatic carbocycles. The van der Waals surface area contributed by atoms with Gasteiger partial charge in [0.2, 0.25) is 6.29 Å². The maximum absolute atomic E-state index is 12.0. The zero-order valence-corrected chi connectivity index (χ0v) is 19.9. The van der Waals surface area contributed by atoms with Crippen molar-refractivity contribution in [3.05, 3.63) is 42.5 Å². The third-order valence-electron chi connectivity index (χ3n) is 9.24. The quantitative estimate of drug-likeness (QED) is 0.323. The van der Waals surface area contributed by atoms with Crippen LogP contribution in [0.1, 0.15) is 44.1 Å². The Labute approximate surface area is 205 Å². The van der Waals surface area contributed by atoms with Gasteiger partial charge < -0.3 is 40.1 Å². The molecule has 6 N–H and O–H groups in total. The highest BCUT2D eigenvalue weighted by Crippen LogP contribution is 2.58. The van der Waals surface area contributed by atoms with Crippen LogP contribution < -0.4 is 4.74 Å². The van der Waals surface area contributed by atoms with Crippen LogP contribution in [0.2, 0.25) is 0 Å². The van der Waals surface area contributed by atoms with Crippen LogP contribution in [0.4, 0.5) is 0 Å². The Morgan fingerprint density at radius 2 is 1.77 bits per heavy atom. The normalized spacial score (nSPS) is 46.9. The Kier molecular flexibility index (Phi) is 6.76. The standard InChI is InChI=1S/C27H38O8/c1-2-3-15-4-8-20(9-5-15)34-25-27(33)17(10-11-28)13-18-12-16-6-7-19(29)14-21(16)22(30)23(35-25)26(18,32)24(27)31/h2,4-5,8-9,16-19,21-25,28-33H,1,3,6-7,10-14H2. The van der Waals surface area contributed by atoms with Crippen LogP contribution in [0.5, 0.6) is 5.75 Å². The van der Waals surface area contributed by atoms with Crippen LogP contribution in [0.3, 0.4) is 0 Å². The first-order valence-electron chi connectivity index (χ1n) is 12.8. The average Bonchev–Trinajstić information content (AvgIpc) is 2.93. The lowest BCUT2D eigenvalue weighted by Gasteiger charge is -2.62. The topological polar surface area (TPSA) is 140 Å². The fourth-order valence-corrected chi connectivity index (χ4v) is 7.40. The number of fused-ring (bicyclic) bond motifs is 2. The number of benzene rings is 1. The SMILES string of the molecule is C=CCc1ccc(OC2OC3C(O)C4CC(O)CCC4CC4CC(CCO)C2(O)C(O)C43O)cc1. The molecular formula is C27H38O8. The molecule has 35 heavy (non-hydrogen) atoms. The van der Waals surface area contributed by atoms with Gasteiger partial charge >= 0.3 is 0 Å². The van der Waals surface area contributed by atoms with Gasteiger partial charge in [0.15, 0.2) is 5.60 Å². The van der Waals surface area contributed by atoms with Gasteiger partial charge in [-0.1, -0.05) is 18.2 Å². The number of aliphatic hydroxyl groups excluding tert-OH is 4. The minimum absolute atomic E-state index is 0.0570. The lowest BCUT2D eigenvalue weighted by atomic mass is 9.56. The molecule has 8 heteroatoms. The van der Waals surface area contributed by atoms with Crippen LogP contribution in [-0.2, 0) is 11.2 Å². The fraction of sp³-hybridized carbons (Fsp3) is 0.704. The fourth-order valence-electron chi connectivity index (χ4n) is 7.40. The van der Waals surface area contributed by atoms with Crippen molar-refractivity contribution in [1.82, 2.24) is 0 Å². The Morgan fingerprint density at radius 3 is 2.46 bits per heavy atom. The molecule has 1 aromatic rings. The molecule has 3 aliphatic carbocycles. The summed E-state index contributed by atoms with van der Waals surface area (Å²) in [6, 6.07) is 7.21. The van der Waals surface area contributed by atoms with Gasteiger partial charge in [-0.05, 0) is 86.3 Å². The van der Waals surface area contributed by atoms with E-state index >= 15 is 0 Å². The van der Waals surface area contributed by atoms with Crippen molar-refractivity contribution in [3.8, 4) is 5.75 Å². The Morgan fingerprint density at radius 1 is 1.03 bits per heavy atom. The van der Waals surface area contributed by atoms with E-state index in [0.717, 1.165) is 5.56 Å². The molecule has 4 aliphatic rings. The van der Waals surface area contributed by atoms with Crippen molar-refractivity contribution in [2.75, 3.05) is 6.61 Å². The summed E-state index contributed by atoms with van der Waals surface area (Å²) in [5.41, 5.74) is -2.83. The van der Waals surface area contributed by atoms with E-state index in [4.69, 9.17) is 9.47 Å². The summed E-state index contributed by atoms with van der Waals surface area (Å²) < 4.78 is 12.3. The third-order valence-corrected chi connectivity index (χ3v) is 9.24. The Hall–Kier alpha value is -1.52. The van der Waals surface area contributed by atoms with Crippen LogP contribution in [-0.4, -0.2) is 79.2 Å². The van der Waals surface area contributed by atoms with Crippen LogP contribution in [0.15, 0.2) is 36.9 Å². The summed E-state index contributed by atoms with van der Waals surface area (Å²) in [7, 11) is 0. The highest BCUT2D eigenvalue weighted by molar-refractivity contribution is 5.29. The van der Waals surface area contributed by atoms with Gasteiger partial charge in [0.1, 0.15) is 23.6 Å². The summed E-state index contributed by atoms with van der Waals surface area (Å²) in [5, 5.41) is 67.0. The van der Waals surface area contributed by atoms with Crippen molar-refractivity contribution in [2.24, 2.45) is 23.7 Å². The largest absolute Gasteiger partial charge is 0.462 e. The molecule has 5 rings (SSSR count). The molecule has 0 amide bonds. The van der Waals surface area contributed by atoms with E-state index in [2.05, 4.69) is 6.58 Å². The molecule has 8 nitrogen and oxygen atoms in total. The summed E-state index contributed by atoms with van der Waals surface area (Å²) in [5.74, 6) is -0.846. The third kappa shape index (κ3) is 3.94. The molecule has 0 aromatic heterocycles. The lowest BCUT2D eigenvalue weighted by molar-refractivity contribution is -0.398. The van der Waals surface area contributed by atoms with Crippen molar-refractivity contribution < 1.29 is 40.1 Å². The van der Waals surface area contributed by atoms with Crippen molar-refractivity contribution in [3.63, 3.8) is 0 Å². The second-order valence-electron chi connectivity index (χ2n) is 11.1. The van der Waals surface area contributed by atoms with E-state index in [0.29, 0.717) is 44.3 Å². The molecule has 1 heterocycles. The first-order valence-corrected chi connectivity index (χ1v) is 12.8. The first kappa shape index (κ1) is 25.1. The molecule has 11 unspecified atom stereocenters. The Bertz CT molecular complexity index is 907. The van der Waals surface area contributed by atoms with Gasteiger partial charge in [0.25, 0.3) is 0 Å². The van der Waals surface area contributed by atoms with Crippen molar-refractivity contribution in [1.29, 1.82) is 0 Å². The smallest absolute Gasteiger partial charge is 0.232 e. The van der Waals surface area contributed by atoms with E-state index in [1.165, 1.54) is 0 Å². The molecule has 2 bridgehead atoms. The number of allylic oxidation sites excluding steroid dienone is 1. The molecule has 3 saturated carbocycles. The van der Waals surface area contributed by atoms with E-state index in [9.17, 15) is 30.6 Å². The molecule has 194 valence electrons.